The van der Waals surface area contributed by atoms with Crippen molar-refractivity contribution in [3.63, 3.8) is 0 Å². The van der Waals surface area contributed by atoms with Crippen LogP contribution in [0.2, 0.25) is 20.1 Å². The number of rotatable bonds is 4. The Labute approximate surface area is 281 Å². The fourth-order valence-electron chi connectivity index (χ4n) is 4.52. The standard InChI is InChI=1S/C26H20Cl4N8O4S2/c27-13-1-3-15(17(29)9-13)23(33-37-21(41)11-19(39)31-25(37)43)35-5-7-36(8-6-35)24(16-4-2-14(28)10-18(16)30)34-38-22(42)12-20(40)32-26(38)44/h1-4,9-10H,5-8,11-12H2,(H,31,39,43)(H,32,40,44)/b33-23+,34-24+. The summed E-state index contributed by atoms with van der Waals surface area (Å²) in [5, 5.41) is 16.9. The summed E-state index contributed by atoms with van der Waals surface area (Å²) in [6, 6.07) is 9.71. The molecule has 2 aromatic carbocycles. The molecule has 5 rings (SSSR count). The van der Waals surface area contributed by atoms with Crippen LogP contribution in [0.4, 0.5) is 0 Å². The number of nitrogens with zero attached hydrogens (tertiary/aromatic N) is 6. The second-order valence-corrected chi connectivity index (χ2v) is 12.0. The Morgan fingerprint density at radius 3 is 1.32 bits per heavy atom. The molecule has 3 aliphatic heterocycles. The van der Waals surface area contributed by atoms with Gasteiger partial charge in [-0.05, 0) is 60.8 Å². The molecule has 3 heterocycles. The lowest BCUT2D eigenvalue weighted by molar-refractivity contribution is -0.136. The highest BCUT2D eigenvalue weighted by atomic mass is 35.5. The maximum Gasteiger partial charge on any atom is 0.258 e. The number of thiocarbonyl (C=S) groups is 2. The fraction of sp³-hybridized carbons (Fsp3) is 0.231. The van der Waals surface area contributed by atoms with Crippen molar-refractivity contribution in [3.8, 4) is 0 Å². The van der Waals surface area contributed by atoms with Crippen LogP contribution in [0.1, 0.15) is 24.0 Å². The molecule has 3 saturated heterocycles. The third kappa shape index (κ3) is 6.95. The molecule has 228 valence electrons. The average Bonchev–Trinajstić information content (AvgIpc) is 2.94. The number of hydrogen-bond acceptors (Lipinski definition) is 8. The van der Waals surface area contributed by atoms with Gasteiger partial charge in [0, 0.05) is 47.4 Å². The minimum atomic E-state index is -0.596. The Morgan fingerprint density at radius 2 is 1.00 bits per heavy atom. The molecule has 44 heavy (non-hydrogen) atoms. The maximum absolute atomic E-state index is 12.7. The summed E-state index contributed by atoms with van der Waals surface area (Å²) < 4.78 is 0. The van der Waals surface area contributed by atoms with Gasteiger partial charge in [0.1, 0.15) is 12.8 Å². The van der Waals surface area contributed by atoms with E-state index >= 15 is 0 Å². The van der Waals surface area contributed by atoms with Crippen molar-refractivity contribution in [1.82, 2.24) is 30.5 Å². The second-order valence-electron chi connectivity index (χ2n) is 9.54. The summed E-state index contributed by atoms with van der Waals surface area (Å²) in [4.78, 5) is 52.8. The first-order chi connectivity index (χ1) is 20.9. The summed E-state index contributed by atoms with van der Waals surface area (Å²) in [7, 11) is 0. The Morgan fingerprint density at radius 1 is 0.636 bits per heavy atom. The third-order valence-corrected chi connectivity index (χ3v) is 8.23. The third-order valence-electron chi connectivity index (χ3n) is 6.59. The number of halogens is 4. The largest absolute Gasteiger partial charge is 0.351 e. The predicted molar refractivity (Wildman–Crippen MR) is 174 cm³/mol. The SMILES string of the molecule is O=C1CC(=O)N(/N=C(\c2ccc(Cl)cc2Cl)N2CCN(/C(=N/N3C(=O)CC(=O)NC3=S)c3ccc(Cl)cc3Cl)CC2)C(=S)N1. The Hall–Kier alpha value is -3.40. The van der Waals surface area contributed by atoms with Crippen LogP contribution in [-0.2, 0) is 19.2 Å². The van der Waals surface area contributed by atoms with Crippen LogP contribution < -0.4 is 10.6 Å². The highest BCUT2D eigenvalue weighted by Gasteiger charge is 2.33. The quantitative estimate of drug-likeness (QED) is 0.214. The number of amidine groups is 2. The number of hydrazone groups is 2. The van der Waals surface area contributed by atoms with E-state index in [0.29, 0.717) is 59.0 Å². The maximum atomic E-state index is 12.7. The van der Waals surface area contributed by atoms with E-state index in [9.17, 15) is 19.2 Å². The molecule has 0 radical (unpaired) electrons. The van der Waals surface area contributed by atoms with Crippen molar-refractivity contribution >= 4 is 116 Å². The minimum Gasteiger partial charge on any atom is -0.351 e. The minimum absolute atomic E-state index is 0.159. The van der Waals surface area contributed by atoms with Gasteiger partial charge in [-0.15, -0.1) is 10.2 Å². The van der Waals surface area contributed by atoms with E-state index in [4.69, 9.17) is 70.8 Å². The first-order valence-electron chi connectivity index (χ1n) is 12.8. The summed E-state index contributed by atoms with van der Waals surface area (Å²) in [6.07, 6.45) is -0.837. The number of benzene rings is 2. The fourth-order valence-corrected chi connectivity index (χ4v) is 6.02. The summed E-state index contributed by atoms with van der Waals surface area (Å²) in [5.74, 6) is -1.61. The molecule has 3 fully saturated rings. The number of piperazine rings is 1. The zero-order valence-corrected chi connectivity index (χ0v) is 27.0. The number of nitrogens with one attached hydrogen (secondary N) is 2. The summed E-state index contributed by atoms with van der Waals surface area (Å²) in [6.45, 7) is 1.33. The van der Waals surface area contributed by atoms with Gasteiger partial charge in [-0.1, -0.05) is 46.4 Å². The molecule has 0 spiro atoms. The Balaban J connectivity index is 1.48. The lowest BCUT2D eigenvalue weighted by atomic mass is 10.1. The summed E-state index contributed by atoms with van der Waals surface area (Å²) in [5.41, 5.74) is 0.957. The van der Waals surface area contributed by atoms with Gasteiger partial charge in [0.15, 0.2) is 11.7 Å². The van der Waals surface area contributed by atoms with Crippen molar-refractivity contribution < 1.29 is 19.2 Å². The molecule has 0 unspecified atom stereocenters. The number of carbonyl (C=O) groups is 4. The van der Waals surface area contributed by atoms with Gasteiger partial charge in [-0.3, -0.25) is 19.2 Å². The molecule has 0 bridgehead atoms. The van der Waals surface area contributed by atoms with Crippen molar-refractivity contribution in [3.05, 3.63) is 67.6 Å². The molecular weight excluding hydrogens is 694 g/mol. The van der Waals surface area contributed by atoms with Gasteiger partial charge in [-0.2, -0.15) is 10.0 Å². The van der Waals surface area contributed by atoms with E-state index in [1.54, 1.807) is 36.4 Å². The van der Waals surface area contributed by atoms with Gasteiger partial charge < -0.3 is 20.4 Å². The topological polar surface area (TPSA) is 130 Å². The van der Waals surface area contributed by atoms with Crippen molar-refractivity contribution in [1.29, 1.82) is 0 Å². The predicted octanol–water partition coefficient (Wildman–Crippen LogP) is 3.21. The van der Waals surface area contributed by atoms with Gasteiger partial charge >= 0.3 is 0 Å². The molecule has 12 nitrogen and oxygen atoms in total. The Bertz CT molecular complexity index is 1520. The van der Waals surface area contributed by atoms with Crippen LogP contribution in [0, 0.1) is 0 Å². The normalized spacial score (nSPS) is 18.6. The first kappa shape index (κ1) is 32.0. The first-order valence-corrected chi connectivity index (χ1v) is 15.2. The number of hydrogen-bond donors (Lipinski definition) is 2. The lowest BCUT2D eigenvalue weighted by Crippen LogP contribution is -2.55. The highest BCUT2D eigenvalue weighted by Crippen LogP contribution is 2.27. The molecule has 3 aliphatic rings. The molecule has 0 aliphatic carbocycles. The van der Waals surface area contributed by atoms with Crippen LogP contribution in [-0.4, -0.2) is 91.5 Å². The smallest absolute Gasteiger partial charge is 0.258 e. The molecule has 2 aromatic rings. The molecule has 0 aromatic heterocycles. The Kier molecular flexibility index (Phi) is 9.68. The van der Waals surface area contributed by atoms with Gasteiger partial charge in [0.2, 0.25) is 22.0 Å². The molecular formula is C26H20Cl4N8O4S2. The van der Waals surface area contributed by atoms with E-state index in [1.807, 2.05) is 9.80 Å². The molecule has 0 saturated carbocycles. The lowest BCUT2D eigenvalue weighted by Gasteiger charge is -2.39. The van der Waals surface area contributed by atoms with E-state index < -0.39 is 36.5 Å². The molecule has 18 heteroatoms. The summed E-state index contributed by atoms with van der Waals surface area (Å²) >= 11 is 35.8. The molecule has 0 atom stereocenters. The van der Waals surface area contributed by atoms with Crippen LogP contribution in [0.3, 0.4) is 0 Å². The molecule has 4 amide bonds. The second kappa shape index (κ2) is 13.3. The van der Waals surface area contributed by atoms with Crippen LogP contribution in [0.5, 0.6) is 0 Å². The van der Waals surface area contributed by atoms with Crippen LogP contribution in [0.25, 0.3) is 0 Å². The van der Waals surface area contributed by atoms with Crippen molar-refractivity contribution in [2.24, 2.45) is 10.2 Å². The van der Waals surface area contributed by atoms with Gasteiger partial charge in [0.05, 0.1) is 10.0 Å². The van der Waals surface area contributed by atoms with Crippen LogP contribution in [0.15, 0.2) is 46.6 Å². The van der Waals surface area contributed by atoms with Gasteiger partial charge in [-0.25, -0.2) is 0 Å². The van der Waals surface area contributed by atoms with Crippen molar-refractivity contribution in [2.75, 3.05) is 26.2 Å². The number of carbonyl (C=O) groups excluding carboxylic acids is 4. The monoisotopic (exact) mass is 712 g/mol. The van der Waals surface area contributed by atoms with E-state index in [2.05, 4.69) is 20.8 Å². The highest BCUT2D eigenvalue weighted by molar-refractivity contribution is 7.80. The van der Waals surface area contributed by atoms with E-state index in [0.717, 1.165) is 10.0 Å². The van der Waals surface area contributed by atoms with E-state index in [1.165, 1.54) is 0 Å². The zero-order valence-electron chi connectivity index (χ0n) is 22.4. The van der Waals surface area contributed by atoms with Crippen LogP contribution >= 0.6 is 70.8 Å². The number of amides is 4. The van der Waals surface area contributed by atoms with Crippen molar-refractivity contribution in [2.45, 2.75) is 12.8 Å². The molecule has 2 N–H and O–H groups in total. The average molecular weight is 714 g/mol. The van der Waals surface area contributed by atoms with Gasteiger partial charge in [0.25, 0.3) is 11.8 Å². The zero-order chi connectivity index (χ0) is 31.7. The van der Waals surface area contributed by atoms with E-state index in [-0.39, 0.29) is 20.3 Å².